The Morgan fingerprint density at radius 2 is 2.17 bits per heavy atom. The fraction of sp³-hybridized carbons (Fsp3) is 0.308. The number of aliphatic hydroxyl groups is 2. The van der Waals surface area contributed by atoms with E-state index in [9.17, 15) is 15.0 Å². The molecule has 0 bridgehead atoms. The van der Waals surface area contributed by atoms with Gasteiger partial charge in [-0.1, -0.05) is 12.1 Å². The van der Waals surface area contributed by atoms with Crippen LogP contribution in [0.25, 0.3) is 10.9 Å². The van der Waals surface area contributed by atoms with E-state index in [0.717, 1.165) is 17.2 Å². The molecule has 5 N–H and O–H groups in total. The lowest BCUT2D eigenvalue weighted by molar-refractivity contribution is 0.0151. The van der Waals surface area contributed by atoms with Gasteiger partial charge in [-0.2, -0.15) is 0 Å². The molecule has 0 aliphatic carbocycles. The van der Waals surface area contributed by atoms with E-state index < -0.39 is 12.2 Å². The lowest BCUT2D eigenvalue weighted by Crippen LogP contribution is -2.21. The number of aldehydes is 1. The van der Waals surface area contributed by atoms with Crippen LogP contribution in [0.2, 0.25) is 0 Å². The molecule has 18 heavy (non-hydrogen) atoms. The normalized spacial score (nSPS) is 14.6. The number of hydrogen-bond donors (Lipinski definition) is 4. The summed E-state index contributed by atoms with van der Waals surface area (Å²) in [5.74, 6) is 0. The van der Waals surface area contributed by atoms with Crippen molar-refractivity contribution in [2.24, 2.45) is 5.73 Å². The predicted molar refractivity (Wildman–Crippen MR) is 68.3 cm³/mol. The first kappa shape index (κ1) is 12.8. The first-order valence-corrected chi connectivity index (χ1v) is 5.79. The maximum absolute atomic E-state index is 10.8. The predicted octanol–water partition coefficient (Wildman–Crippen LogP) is 0.724. The Hall–Kier alpha value is -1.69. The summed E-state index contributed by atoms with van der Waals surface area (Å²) in [6.07, 6.45) is 0.875. The third kappa shape index (κ3) is 2.28. The fourth-order valence-electron chi connectivity index (χ4n) is 2.00. The number of fused-ring (bicyclic) bond motifs is 1. The van der Waals surface area contributed by atoms with Gasteiger partial charge in [-0.25, -0.2) is 0 Å². The molecule has 1 aromatic carbocycles. The standard InChI is InChI=1S/C13H16N2O3/c14-4-3-12(17)13(18)8-1-2-10-9(7-16)6-15-11(10)5-8/h1-2,5-7,12-13,15,17-18H,3-4,14H2. The van der Waals surface area contributed by atoms with E-state index in [4.69, 9.17) is 5.73 Å². The summed E-state index contributed by atoms with van der Waals surface area (Å²) < 4.78 is 0. The summed E-state index contributed by atoms with van der Waals surface area (Å²) in [6.45, 7) is 0.318. The molecule has 0 spiro atoms. The van der Waals surface area contributed by atoms with Gasteiger partial charge >= 0.3 is 0 Å². The maximum atomic E-state index is 10.8. The SMILES string of the molecule is NCCC(O)C(O)c1ccc2c(C=O)c[nH]c2c1. The molecule has 2 rings (SSSR count). The molecule has 1 heterocycles. The quantitative estimate of drug-likeness (QED) is 0.586. The summed E-state index contributed by atoms with van der Waals surface area (Å²) in [5.41, 5.74) is 7.28. The van der Waals surface area contributed by atoms with Gasteiger partial charge < -0.3 is 20.9 Å². The molecule has 0 saturated carbocycles. The summed E-state index contributed by atoms with van der Waals surface area (Å²) in [5, 5.41) is 20.5. The van der Waals surface area contributed by atoms with Crippen LogP contribution in [0.15, 0.2) is 24.4 Å². The second-order valence-electron chi connectivity index (χ2n) is 4.26. The largest absolute Gasteiger partial charge is 0.390 e. The van der Waals surface area contributed by atoms with E-state index in [-0.39, 0.29) is 0 Å². The molecule has 5 heteroatoms. The van der Waals surface area contributed by atoms with Crippen LogP contribution in [0.3, 0.4) is 0 Å². The van der Waals surface area contributed by atoms with Crippen LogP contribution in [0.4, 0.5) is 0 Å². The van der Waals surface area contributed by atoms with Gasteiger partial charge in [0.1, 0.15) is 6.10 Å². The summed E-state index contributed by atoms with van der Waals surface area (Å²) >= 11 is 0. The van der Waals surface area contributed by atoms with Gasteiger partial charge in [0.05, 0.1) is 6.10 Å². The minimum absolute atomic E-state index is 0.318. The van der Waals surface area contributed by atoms with Crippen molar-refractivity contribution in [3.05, 3.63) is 35.5 Å². The van der Waals surface area contributed by atoms with E-state index in [1.54, 1.807) is 24.4 Å². The van der Waals surface area contributed by atoms with E-state index in [2.05, 4.69) is 4.98 Å². The van der Waals surface area contributed by atoms with E-state index in [1.165, 1.54) is 0 Å². The van der Waals surface area contributed by atoms with E-state index in [1.807, 2.05) is 0 Å². The average Bonchev–Trinajstić information content (AvgIpc) is 2.80. The van der Waals surface area contributed by atoms with Gasteiger partial charge in [-0.05, 0) is 24.6 Å². The Bertz CT molecular complexity index is 550. The van der Waals surface area contributed by atoms with E-state index >= 15 is 0 Å². The van der Waals surface area contributed by atoms with Crippen LogP contribution in [-0.2, 0) is 0 Å². The van der Waals surface area contributed by atoms with Crippen molar-refractivity contribution in [3.8, 4) is 0 Å². The fourth-order valence-corrected chi connectivity index (χ4v) is 2.00. The number of nitrogens with two attached hydrogens (primary N) is 1. The first-order valence-electron chi connectivity index (χ1n) is 5.79. The van der Waals surface area contributed by atoms with Crippen molar-refractivity contribution >= 4 is 17.2 Å². The number of benzene rings is 1. The molecular weight excluding hydrogens is 232 g/mol. The molecule has 1 aromatic heterocycles. The highest BCUT2D eigenvalue weighted by Gasteiger charge is 2.18. The second-order valence-corrected chi connectivity index (χ2v) is 4.26. The van der Waals surface area contributed by atoms with Crippen molar-refractivity contribution in [3.63, 3.8) is 0 Å². The number of carbonyl (C=O) groups excluding carboxylic acids is 1. The lowest BCUT2D eigenvalue weighted by Gasteiger charge is -2.17. The number of aromatic amines is 1. The molecule has 0 fully saturated rings. The second kappa shape index (κ2) is 5.30. The molecule has 5 nitrogen and oxygen atoms in total. The summed E-state index contributed by atoms with van der Waals surface area (Å²) in [7, 11) is 0. The molecule has 0 saturated heterocycles. The molecule has 0 amide bonds. The summed E-state index contributed by atoms with van der Waals surface area (Å²) in [4.78, 5) is 13.7. The van der Waals surface area contributed by atoms with Crippen molar-refractivity contribution in [1.82, 2.24) is 4.98 Å². The van der Waals surface area contributed by atoms with Crippen molar-refractivity contribution in [2.45, 2.75) is 18.6 Å². The van der Waals surface area contributed by atoms with Gasteiger partial charge in [0.2, 0.25) is 0 Å². The minimum Gasteiger partial charge on any atom is -0.390 e. The first-order chi connectivity index (χ1) is 8.67. The number of aliphatic hydroxyl groups excluding tert-OH is 2. The maximum Gasteiger partial charge on any atom is 0.152 e. The number of nitrogens with one attached hydrogen (secondary N) is 1. The molecular formula is C13H16N2O3. The molecule has 0 aliphatic heterocycles. The van der Waals surface area contributed by atoms with Gasteiger partial charge in [0.25, 0.3) is 0 Å². The van der Waals surface area contributed by atoms with Gasteiger partial charge in [-0.15, -0.1) is 0 Å². The highest BCUT2D eigenvalue weighted by Crippen LogP contribution is 2.24. The van der Waals surface area contributed by atoms with Crippen LogP contribution in [0.5, 0.6) is 0 Å². The Labute approximate surface area is 104 Å². The third-order valence-corrected chi connectivity index (χ3v) is 3.03. The van der Waals surface area contributed by atoms with Crippen LogP contribution >= 0.6 is 0 Å². The zero-order valence-corrected chi connectivity index (χ0v) is 9.84. The lowest BCUT2D eigenvalue weighted by atomic mass is 10.0. The number of hydrogen-bond acceptors (Lipinski definition) is 4. The Morgan fingerprint density at radius 3 is 2.83 bits per heavy atom. The zero-order valence-electron chi connectivity index (χ0n) is 9.84. The topological polar surface area (TPSA) is 99.3 Å². The number of aromatic nitrogens is 1. The van der Waals surface area contributed by atoms with Gasteiger partial charge in [-0.3, -0.25) is 4.79 Å². The molecule has 0 aliphatic rings. The van der Waals surface area contributed by atoms with Crippen molar-refractivity contribution in [1.29, 1.82) is 0 Å². The molecule has 96 valence electrons. The number of H-pyrrole nitrogens is 1. The third-order valence-electron chi connectivity index (χ3n) is 3.03. The Morgan fingerprint density at radius 1 is 1.39 bits per heavy atom. The zero-order chi connectivity index (χ0) is 13.1. The van der Waals surface area contributed by atoms with Crippen LogP contribution in [-0.4, -0.2) is 34.1 Å². The van der Waals surface area contributed by atoms with Crippen molar-refractivity contribution in [2.75, 3.05) is 6.54 Å². The van der Waals surface area contributed by atoms with Crippen LogP contribution in [0, 0.1) is 0 Å². The van der Waals surface area contributed by atoms with Crippen LogP contribution in [0.1, 0.15) is 28.4 Å². The highest BCUT2D eigenvalue weighted by molar-refractivity contribution is 5.97. The van der Waals surface area contributed by atoms with Crippen molar-refractivity contribution < 1.29 is 15.0 Å². The van der Waals surface area contributed by atoms with Crippen LogP contribution < -0.4 is 5.73 Å². The van der Waals surface area contributed by atoms with E-state index in [0.29, 0.717) is 24.1 Å². The summed E-state index contributed by atoms with van der Waals surface area (Å²) in [6, 6.07) is 5.18. The average molecular weight is 248 g/mol. The Kier molecular flexibility index (Phi) is 3.76. The number of rotatable bonds is 5. The van der Waals surface area contributed by atoms with Gasteiger partial charge in [0, 0.05) is 22.7 Å². The Balaban J connectivity index is 2.32. The molecule has 2 aromatic rings. The molecule has 2 unspecified atom stereocenters. The minimum atomic E-state index is -0.971. The molecule has 0 radical (unpaired) electrons. The van der Waals surface area contributed by atoms with Gasteiger partial charge in [0.15, 0.2) is 6.29 Å². The smallest absolute Gasteiger partial charge is 0.152 e. The molecule has 2 atom stereocenters. The monoisotopic (exact) mass is 248 g/mol. The number of carbonyl (C=O) groups is 1. The highest BCUT2D eigenvalue weighted by atomic mass is 16.3.